The minimum Gasteiger partial charge on any atom is -1.00 e. The van der Waals surface area contributed by atoms with Gasteiger partial charge in [-0.15, -0.1) is 0 Å². The SMILES string of the molecule is C.CCCCCCCCCCCCCCCCCCC(CCCCCCCCCCCCCCCC)C(=O)OCCc1cc(Nc2ccc(O)c3c2C(=O)c2ccccc2C3=O)c(Br)cc1Br.CCCCCCCCCCCCCCCCCCC(CCCCCCCCCCCCCCCC)C(=O)OCCc1cc([NH2+]c2ccc(O)c3c2C(=O)c2ccccc2C3=O)c(Br)cc1Br.[Br-]. The average Bonchev–Trinajstić information content (AvgIpc) is 0.747. The van der Waals surface area contributed by atoms with Crippen LogP contribution in [0.3, 0.4) is 0 Å². The van der Waals surface area contributed by atoms with Gasteiger partial charge < -0.3 is 42.0 Å². The van der Waals surface area contributed by atoms with E-state index in [1.165, 1.54) is 372 Å². The minimum absolute atomic E-state index is 0. The molecular formula is C117H175Br5N2O10. The maximum Gasteiger partial charge on any atom is 0.308 e. The number of nitrogens with one attached hydrogen (secondary N) is 1. The number of phenols is 2. The van der Waals surface area contributed by atoms with Gasteiger partial charge in [0.15, 0.2) is 17.3 Å². The Bertz CT molecular complexity index is 4030. The number of nitrogens with two attached hydrogens (primary N) is 1. The lowest BCUT2D eigenvalue weighted by Crippen LogP contribution is -3.00. The third-order valence-electron chi connectivity index (χ3n) is 27.5. The highest BCUT2D eigenvalue weighted by molar-refractivity contribution is 9.11. The number of esters is 2. The molecule has 0 bridgehead atoms. The maximum atomic E-state index is 13.7. The fourth-order valence-corrected chi connectivity index (χ4v) is 21.9. The molecule has 134 heavy (non-hydrogen) atoms. The lowest BCUT2D eigenvalue weighted by molar-refractivity contribution is -0.479. The lowest BCUT2D eigenvalue weighted by atomic mass is 9.82. The molecule has 2 aliphatic carbocycles. The van der Waals surface area contributed by atoms with E-state index in [1.54, 1.807) is 60.7 Å². The lowest BCUT2D eigenvalue weighted by Gasteiger charge is -2.22. The smallest absolute Gasteiger partial charge is 0.308 e. The molecule has 0 aromatic heterocycles. The second-order valence-corrected chi connectivity index (χ2v) is 42.0. The normalized spacial score (nSPS) is 12.4. The van der Waals surface area contributed by atoms with E-state index in [1.807, 2.05) is 29.6 Å². The number of carbonyl (C=O) groups excluding carboxylic acids is 6. The summed E-state index contributed by atoms with van der Waals surface area (Å²) < 4.78 is 15.4. The van der Waals surface area contributed by atoms with Crippen molar-refractivity contribution in [2.75, 3.05) is 18.5 Å². The van der Waals surface area contributed by atoms with Crippen LogP contribution in [0.4, 0.5) is 22.7 Å². The molecule has 5 N–H and O–H groups in total. The predicted molar refractivity (Wildman–Crippen MR) is 572 cm³/mol. The predicted octanol–water partition coefficient (Wildman–Crippen LogP) is 33.7. The second kappa shape index (κ2) is 73.8. The first-order valence-electron chi connectivity index (χ1n) is 53.5. The molecular weight excluding hydrogens is 1990 g/mol. The van der Waals surface area contributed by atoms with Crippen molar-refractivity contribution in [2.24, 2.45) is 11.8 Å². The Balaban J connectivity index is 0.000000467. The maximum absolute atomic E-state index is 13.7. The third-order valence-corrected chi connectivity index (χ3v) is 30.4. The van der Waals surface area contributed by atoms with Gasteiger partial charge in [-0.3, -0.25) is 34.1 Å². The number of fused-ring (bicyclic) bond motifs is 4. The Hall–Kier alpha value is -5.30. The van der Waals surface area contributed by atoms with E-state index in [9.17, 15) is 39.0 Å². The number of hydrogen-bond donors (Lipinski definition) is 4. The average molecular weight is 2170 g/mol. The molecule has 0 radical (unpaired) electrons. The van der Waals surface area contributed by atoms with E-state index in [-0.39, 0.29) is 124 Å². The van der Waals surface area contributed by atoms with Gasteiger partial charge in [-0.05, 0) is 105 Å². The molecule has 0 fully saturated rings. The van der Waals surface area contributed by atoms with E-state index in [4.69, 9.17) is 9.47 Å². The van der Waals surface area contributed by atoms with Gasteiger partial charge in [0, 0.05) is 60.6 Å². The number of hydrogen-bond acceptors (Lipinski definition) is 11. The molecule has 0 aliphatic heterocycles. The largest absolute Gasteiger partial charge is 1.00 e. The van der Waals surface area contributed by atoms with Crippen molar-refractivity contribution in [2.45, 2.75) is 459 Å². The van der Waals surface area contributed by atoms with Crippen LogP contribution in [0.2, 0.25) is 0 Å². The summed E-state index contributed by atoms with van der Waals surface area (Å²) in [6.07, 6.45) is 84.6. The molecule has 0 spiro atoms. The van der Waals surface area contributed by atoms with E-state index in [2.05, 4.69) is 96.7 Å². The van der Waals surface area contributed by atoms with Gasteiger partial charge in [0.05, 0.1) is 63.2 Å². The summed E-state index contributed by atoms with van der Waals surface area (Å²) in [5.41, 5.74) is 6.04. The summed E-state index contributed by atoms with van der Waals surface area (Å²) in [6, 6.07) is 27.6. The van der Waals surface area contributed by atoms with E-state index < -0.39 is 0 Å². The summed E-state index contributed by atoms with van der Waals surface area (Å²) in [5.74, 6) is -2.03. The number of unbranched alkanes of at least 4 members (excludes halogenated alkanes) is 56. The van der Waals surface area contributed by atoms with Crippen LogP contribution in [0.25, 0.3) is 0 Å². The van der Waals surface area contributed by atoms with Crippen LogP contribution in [0.1, 0.15) is 521 Å². The molecule has 6 aromatic carbocycles. The molecule has 748 valence electrons. The zero-order valence-electron chi connectivity index (χ0n) is 82.6. The Kier molecular flexibility index (Phi) is 65.6. The zero-order chi connectivity index (χ0) is 94.4. The first-order valence-corrected chi connectivity index (χ1v) is 56.7. The van der Waals surface area contributed by atoms with Crippen molar-refractivity contribution < 1.29 is 70.8 Å². The van der Waals surface area contributed by atoms with E-state index in [0.29, 0.717) is 46.6 Å². The Morgan fingerprint density at radius 2 is 0.552 bits per heavy atom. The summed E-state index contributed by atoms with van der Waals surface area (Å²) in [4.78, 5) is 81.8. The highest BCUT2D eigenvalue weighted by Crippen LogP contribution is 2.42. The number of quaternary nitrogens is 1. The zero-order valence-corrected chi connectivity index (χ0v) is 90.5. The Labute approximate surface area is 856 Å². The van der Waals surface area contributed by atoms with E-state index >= 15 is 0 Å². The van der Waals surface area contributed by atoms with Crippen molar-refractivity contribution in [1.82, 2.24) is 0 Å². The molecule has 2 unspecified atom stereocenters. The highest BCUT2D eigenvalue weighted by Gasteiger charge is 2.37. The van der Waals surface area contributed by atoms with Gasteiger partial charge in [-0.25, -0.2) is 0 Å². The van der Waals surface area contributed by atoms with Gasteiger partial charge in [-0.1, -0.05) is 501 Å². The number of benzene rings is 6. The van der Waals surface area contributed by atoms with E-state index in [0.717, 1.165) is 86.1 Å². The molecule has 6 aromatic rings. The van der Waals surface area contributed by atoms with Gasteiger partial charge >= 0.3 is 11.9 Å². The Morgan fingerprint density at radius 1 is 0.299 bits per heavy atom. The number of halogens is 5. The number of carbonyl (C=O) groups is 6. The number of rotatable bonds is 76. The van der Waals surface area contributed by atoms with Crippen molar-refractivity contribution in [3.8, 4) is 11.5 Å². The van der Waals surface area contributed by atoms with Crippen LogP contribution in [-0.2, 0) is 31.9 Å². The van der Waals surface area contributed by atoms with Crippen molar-refractivity contribution in [3.63, 3.8) is 0 Å². The molecule has 2 atom stereocenters. The fourth-order valence-electron chi connectivity index (χ4n) is 19.3. The van der Waals surface area contributed by atoms with Gasteiger partial charge in [0.1, 0.15) is 22.9 Å². The standard InChI is InChI=1S/2C58H85Br2NO5.CH4.BrH/c2*1-3-5-7-9-11-13-15-17-19-20-22-24-26-28-30-32-36-45(35-31-29-27-25-23-21-18-16-14-12-10-8-6-4-2)58(65)66-42-41-46-43-52(50(60)44-49(46)59)61-51-39-40-53(62)55-54(51)56(63)47-37-33-34-38-48(47)57(55)64;;/h2*33-34,37-40,43-45,61-62H,3-32,35-36,41-42H2,1-2H3;1H4;1H. The molecule has 0 saturated carbocycles. The van der Waals surface area contributed by atoms with Crippen LogP contribution < -0.4 is 27.6 Å². The highest BCUT2D eigenvalue weighted by atomic mass is 79.9. The van der Waals surface area contributed by atoms with Crippen molar-refractivity contribution in [3.05, 3.63) is 171 Å². The van der Waals surface area contributed by atoms with Gasteiger partial charge in [-0.2, -0.15) is 0 Å². The molecule has 0 saturated heterocycles. The number of ether oxygens (including phenoxy) is 2. The van der Waals surface area contributed by atoms with Crippen LogP contribution in [0.15, 0.2) is 115 Å². The first-order chi connectivity index (χ1) is 64.5. The summed E-state index contributed by atoms with van der Waals surface area (Å²) in [5, 5.41) is 26.7. The molecule has 17 heteroatoms. The number of anilines is 2. The van der Waals surface area contributed by atoms with Gasteiger partial charge in [0.2, 0.25) is 5.78 Å². The molecule has 0 amide bonds. The topological polar surface area (TPSA) is 190 Å². The number of aromatic hydroxyl groups is 2. The summed E-state index contributed by atoms with van der Waals surface area (Å²) >= 11 is 14.8. The van der Waals surface area contributed by atoms with Crippen molar-refractivity contribution >= 4 is 122 Å². The molecule has 8 rings (SSSR count). The third kappa shape index (κ3) is 45.1. The van der Waals surface area contributed by atoms with Gasteiger partial charge in [0.25, 0.3) is 0 Å². The fraction of sp³-hybridized carbons (Fsp3) is 0.641. The number of ketones is 4. The van der Waals surface area contributed by atoms with Crippen molar-refractivity contribution in [1.29, 1.82) is 0 Å². The molecule has 12 nitrogen and oxygen atoms in total. The monoisotopic (exact) mass is 2160 g/mol. The number of phenolic OH excluding ortho intramolecular Hbond substituents is 2. The first kappa shape index (κ1) is 119. The Morgan fingerprint density at radius 3 is 0.858 bits per heavy atom. The van der Waals surface area contributed by atoms with Crippen LogP contribution in [0.5, 0.6) is 11.5 Å². The van der Waals surface area contributed by atoms with Crippen LogP contribution in [0, 0.1) is 11.8 Å². The molecule has 0 heterocycles. The molecule has 2 aliphatic rings. The van der Waals surface area contributed by atoms with Crippen LogP contribution in [-0.4, -0.2) is 58.5 Å². The quantitative estimate of drug-likeness (QED) is 0.0123. The minimum atomic E-state index is -0.379. The summed E-state index contributed by atoms with van der Waals surface area (Å²) in [7, 11) is 0. The van der Waals surface area contributed by atoms with Crippen LogP contribution >= 0.6 is 63.7 Å². The second-order valence-electron chi connectivity index (χ2n) is 38.6. The summed E-state index contributed by atoms with van der Waals surface area (Å²) in [6.45, 7) is 9.68.